The van der Waals surface area contributed by atoms with Crippen LogP contribution < -0.4 is 10.6 Å². The van der Waals surface area contributed by atoms with Crippen molar-refractivity contribution in [2.45, 2.75) is 39.3 Å². The largest absolute Gasteiger partial charge is 0.444 e. The highest BCUT2D eigenvalue weighted by molar-refractivity contribution is 5.67. The van der Waals surface area contributed by atoms with E-state index in [0.717, 1.165) is 5.69 Å². The molecular formula is C14H22N2O2. The van der Waals surface area contributed by atoms with Crippen LogP contribution in [0.15, 0.2) is 30.3 Å². The summed E-state index contributed by atoms with van der Waals surface area (Å²) in [6.45, 7) is 8.06. The smallest absolute Gasteiger partial charge is 0.407 e. The molecule has 0 aliphatic rings. The number of nitrogens with one attached hydrogen (secondary N) is 2. The van der Waals surface area contributed by atoms with E-state index in [-0.39, 0.29) is 12.1 Å². The van der Waals surface area contributed by atoms with Crippen LogP contribution in [-0.4, -0.2) is 24.3 Å². The van der Waals surface area contributed by atoms with Gasteiger partial charge in [-0.15, -0.1) is 0 Å². The Morgan fingerprint density at radius 1 is 1.28 bits per heavy atom. The molecule has 1 atom stereocenters. The summed E-state index contributed by atoms with van der Waals surface area (Å²) >= 11 is 0. The Kier molecular flexibility index (Phi) is 5.01. The summed E-state index contributed by atoms with van der Waals surface area (Å²) in [6.07, 6.45) is -0.385. The van der Waals surface area contributed by atoms with E-state index < -0.39 is 5.60 Å². The monoisotopic (exact) mass is 250 g/mol. The zero-order chi connectivity index (χ0) is 13.6. The number of rotatable bonds is 4. The highest BCUT2D eigenvalue weighted by atomic mass is 16.6. The zero-order valence-electron chi connectivity index (χ0n) is 11.5. The van der Waals surface area contributed by atoms with Gasteiger partial charge in [0, 0.05) is 18.3 Å². The van der Waals surface area contributed by atoms with Crippen molar-refractivity contribution in [3.63, 3.8) is 0 Å². The van der Waals surface area contributed by atoms with Gasteiger partial charge >= 0.3 is 6.09 Å². The molecule has 0 aliphatic heterocycles. The molecule has 4 heteroatoms. The number of carbonyl (C=O) groups is 1. The molecule has 0 fully saturated rings. The second kappa shape index (κ2) is 6.28. The predicted octanol–water partition coefficient (Wildman–Crippen LogP) is 3.01. The fraction of sp³-hybridized carbons (Fsp3) is 0.500. The van der Waals surface area contributed by atoms with Gasteiger partial charge in [-0.05, 0) is 39.8 Å². The molecule has 18 heavy (non-hydrogen) atoms. The molecule has 0 radical (unpaired) electrons. The fourth-order valence-electron chi connectivity index (χ4n) is 1.42. The van der Waals surface area contributed by atoms with Gasteiger partial charge < -0.3 is 15.4 Å². The molecule has 0 saturated heterocycles. The molecule has 0 bridgehead atoms. The van der Waals surface area contributed by atoms with Crippen molar-refractivity contribution in [3.8, 4) is 0 Å². The minimum Gasteiger partial charge on any atom is -0.444 e. The highest BCUT2D eigenvalue weighted by Gasteiger charge is 2.16. The average molecular weight is 250 g/mol. The van der Waals surface area contributed by atoms with Crippen LogP contribution in [0.3, 0.4) is 0 Å². The van der Waals surface area contributed by atoms with Crippen LogP contribution in [0.1, 0.15) is 27.7 Å². The van der Waals surface area contributed by atoms with Crippen molar-refractivity contribution in [1.29, 1.82) is 0 Å². The van der Waals surface area contributed by atoms with E-state index in [1.165, 1.54) is 0 Å². The lowest BCUT2D eigenvalue weighted by Crippen LogP contribution is -2.38. The summed E-state index contributed by atoms with van der Waals surface area (Å²) in [5.74, 6) is 0. The lowest BCUT2D eigenvalue weighted by Gasteiger charge is -2.21. The Hall–Kier alpha value is -1.71. The van der Waals surface area contributed by atoms with Crippen molar-refractivity contribution in [1.82, 2.24) is 5.32 Å². The first-order valence-electron chi connectivity index (χ1n) is 6.15. The fourth-order valence-corrected chi connectivity index (χ4v) is 1.42. The van der Waals surface area contributed by atoms with Crippen molar-refractivity contribution in [3.05, 3.63) is 30.3 Å². The third kappa shape index (κ3) is 6.13. The van der Waals surface area contributed by atoms with Crippen LogP contribution in [0.2, 0.25) is 0 Å². The van der Waals surface area contributed by atoms with Gasteiger partial charge in [0.2, 0.25) is 0 Å². The second-order valence-electron chi connectivity index (χ2n) is 5.29. The van der Waals surface area contributed by atoms with Gasteiger partial charge in [0.05, 0.1) is 0 Å². The maximum atomic E-state index is 11.5. The molecule has 0 spiro atoms. The van der Waals surface area contributed by atoms with Crippen molar-refractivity contribution in [2.75, 3.05) is 11.9 Å². The van der Waals surface area contributed by atoms with E-state index in [1.807, 2.05) is 58.0 Å². The normalized spacial score (nSPS) is 12.7. The Morgan fingerprint density at radius 2 is 1.89 bits per heavy atom. The standard InChI is InChI=1S/C14H22N2O2/c1-11(16-12-8-6-5-7-9-12)10-15-13(17)18-14(2,3)4/h5-9,11,16H,10H2,1-4H3,(H,15,17). The van der Waals surface area contributed by atoms with Gasteiger partial charge in [-0.3, -0.25) is 0 Å². The maximum Gasteiger partial charge on any atom is 0.407 e. The summed E-state index contributed by atoms with van der Waals surface area (Å²) in [5.41, 5.74) is 0.580. The Morgan fingerprint density at radius 3 is 2.44 bits per heavy atom. The Balaban J connectivity index is 2.29. The van der Waals surface area contributed by atoms with Gasteiger partial charge in [0.25, 0.3) is 0 Å². The van der Waals surface area contributed by atoms with E-state index in [1.54, 1.807) is 0 Å². The van der Waals surface area contributed by atoms with Gasteiger partial charge in [-0.1, -0.05) is 18.2 Å². The van der Waals surface area contributed by atoms with Gasteiger partial charge in [-0.25, -0.2) is 4.79 Å². The lowest BCUT2D eigenvalue weighted by atomic mass is 10.2. The van der Waals surface area contributed by atoms with Crippen molar-refractivity contribution in [2.24, 2.45) is 0 Å². The average Bonchev–Trinajstić information content (AvgIpc) is 2.25. The number of hydrogen-bond donors (Lipinski definition) is 2. The molecule has 1 aromatic rings. The molecule has 1 amide bonds. The minimum absolute atomic E-state index is 0.139. The first-order chi connectivity index (χ1) is 8.37. The number of anilines is 1. The van der Waals surface area contributed by atoms with Crippen molar-refractivity contribution < 1.29 is 9.53 Å². The van der Waals surface area contributed by atoms with Crippen LogP contribution >= 0.6 is 0 Å². The summed E-state index contributed by atoms with van der Waals surface area (Å²) in [4.78, 5) is 11.5. The molecule has 1 rings (SSSR count). The second-order valence-corrected chi connectivity index (χ2v) is 5.29. The van der Waals surface area contributed by atoms with E-state index in [0.29, 0.717) is 6.54 Å². The first kappa shape index (κ1) is 14.4. The summed E-state index contributed by atoms with van der Waals surface area (Å²) in [6, 6.07) is 10.0. The quantitative estimate of drug-likeness (QED) is 0.863. The van der Waals surface area contributed by atoms with E-state index in [2.05, 4.69) is 10.6 Å². The Bertz CT molecular complexity index is 371. The van der Waals surface area contributed by atoms with Crippen LogP contribution in [0.4, 0.5) is 10.5 Å². The third-order valence-electron chi connectivity index (χ3n) is 2.14. The molecule has 0 aromatic heterocycles. The summed E-state index contributed by atoms with van der Waals surface area (Å²) in [5, 5.41) is 6.03. The first-order valence-corrected chi connectivity index (χ1v) is 6.15. The Labute approximate surface area is 109 Å². The summed E-state index contributed by atoms with van der Waals surface area (Å²) in [7, 11) is 0. The van der Waals surface area contributed by atoms with Crippen LogP contribution in [0.5, 0.6) is 0 Å². The van der Waals surface area contributed by atoms with Crippen LogP contribution in [0.25, 0.3) is 0 Å². The van der Waals surface area contributed by atoms with Gasteiger partial charge in [0.1, 0.15) is 5.60 Å². The molecule has 4 nitrogen and oxygen atoms in total. The SMILES string of the molecule is CC(CNC(=O)OC(C)(C)C)Nc1ccccc1. The number of hydrogen-bond acceptors (Lipinski definition) is 3. The topological polar surface area (TPSA) is 50.4 Å². The number of carbonyl (C=O) groups excluding carboxylic acids is 1. The van der Waals surface area contributed by atoms with Gasteiger partial charge in [0.15, 0.2) is 0 Å². The molecule has 0 saturated carbocycles. The van der Waals surface area contributed by atoms with Crippen molar-refractivity contribution >= 4 is 11.8 Å². The number of ether oxygens (including phenoxy) is 1. The molecule has 1 unspecified atom stereocenters. The van der Waals surface area contributed by atoms with E-state index in [4.69, 9.17) is 4.74 Å². The maximum absolute atomic E-state index is 11.5. The van der Waals surface area contributed by atoms with Crippen LogP contribution in [-0.2, 0) is 4.74 Å². The zero-order valence-corrected chi connectivity index (χ0v) is 11.5. The highest BCUT2D eigenvalue weighted by Crippen LogP contribution is 2.08. The molecular weight excluding hydrogens is 228 g/mol. The van der Waals surface area contributed by atoms with Crippen LogP contribution in [0, 0.1) is 0 Å². The lowest BCUT2D eigenvalue weighted by molar-refractivity contribution is 0.0526. The molecule has 100 valence electrons. The van der Waals surface area contributed by atoms with E-state index >= 15 is 0 Å². The number of amides is 1. The molecule has 1 aromatic carbocycles. The summed E-state index contributed by atoms with van der Waals surface area (Å²) < 4.78 is 5.16. The van der Waals surface area contributed by atoms with E-state index in [9.17, 15) is 4.79 Å². The minimum atomic E-state index is -0.458. The number of alkyl carbamates (subject to hydrolysis) is 1. The number of para-hydroxylation sites is 1. The number of benzene rings is 1. The molecule has 2 N–H and O–H groups in total. The van der Waals surface area contributed by atoms with Gasteiger partial charge in [-0.2, -0.15) is 0 Å². The third-order valence-corrected chi connectivity index (χ3v) is 2.14. The molecule has 0 heterocycles. The molecule has 0 aliphatic carbocycles. The predicted molar refractivity (Wildman–Crippen MR) is 73.8 cm³/mol.